The number of anilines is 3. The SMILES string of the molecule is O=C1/C(=C\c2ccc(N3c4ccccc4Cc4cccnc43)s2)C(=O)c2c1ccc1ccccc21. The molecule has 166 valence electrons. The molecule has 0 saturated carbocycles. The van der Waals surface area contributed by atoms with Gasteiger partial charge in [0.05, 0.1) is 11.3 Å². The number of nitrogens with zero attached hydrogens (tertiary/aromatic N) is 2. The quantitative estimate of drug-likeness (QED) is 0.199. The van der Waals surface area contributed by atoms with Crippen LogP contribution in [0.25, 0.3) is 16.8 Å². The number of hydrogen-bond donors (Lipinski definition) is 0. The van der Waals surface area contributed by atoms with Gasteiger partial charge >= 0.3 is 0 Å². The van der Waals surface area contributed by atoms with E-state index in [9.17, 15) is 9.59 Å². The van der Waals surface area contributed by atoms with Crippen LogP contribution >= 0.6 is 11.3 Å². The Morgan fingerprint density at radius 1 is 0.800 bits per heavy atom. The molecule has 1 aliphatic heterocycles. The number of carbonyl (C=O) groups excluding carboxylic acids is 2. The van der Waals surface area contributed by atoms with Gasteiger partial charge in [0.2, 0.25) is 0 Å². The first kappa shape index (κ1) is 20.1. The predicted molar refractivity (Wildman–Crippen MR) is 140 cm³/mol. The summed E-state index contributed by atoms with van der Waals surface area (Å²) in [7, 11) is 0. The summed E-state index contributed by atoms with van der Waals surface area (Å²) < 4.78 is 0. The highest BCUT2D eigenvalue weighted by molar-refractivity contribution is 7.17. The van der Waals surface area contributed by atoms with Crippen LogP contribution in [0.15, 0.2) is 96.7 Å². The summed E-state index contributed by atoms with van der Waals surface area (Å²) in [6, 6.07) is 27.8. The van der Waals surface area contributed by atoms with E-state index in [1.807, 2.05) is 60.8 Å². The number of fused-ring (bicyclic) bond motifs is 5. The predicted octanol–water partition coefficient (Wildman–Crippen LogP) is 7.13. The molecule has 0 radical (unpaired) electrons. The molecule has 35 heavy (non-hydrogen) atoms. The van der Waals surface area contributed by atoms with Gasteiger partial charge < -0.3 is 0 Å². The van der Waals surface area contributed by atoms with Gasteiger partial charge in [-0.05, 0) is 58.3 Å². The van der Waals surface area contributed by atoms with Crippen LogP contribution in [0.1, 0.15) is 36.7 Å². The molecule has 1 aliphatic carbocycles. The van der Waals surface area contributed by atoms with Crippen molar-refractivity contribution in [2.24, 2.45) is 0 Å². The van der Waals surface area contributed by atoms with E-state index in [2.05, 4.69) is 34.1 Å². The van der Waals surface area contributed by atoms with Crippen LogP contribution in [0.2, 0.25) is 0 Å². The number of ketones is 2. The Hall–Kier alpha value is -4.35. The lowest BCUT2D eigenvalue weighted by Crippen LogP contribution is -2.18. The Labute approximate surface area is 205 Å². The zero-order chi connectivity index (χ0) is 23.5. The van der Waals surface area contributed by atoms with Crippen molar-refractivity contribution in [2.75, 3.05) is 4.90 Å². The summed E-state index contributed by atoms with van der Waals surface area (Å²) in [5, 5.41) is 2.78. The van der Waals surface area contributed by atoms with Gasteiger partial charge in [0.15, 0.2) is 11.6 Å². The largest absolute Gasteiger partial charge is 0.288 e. The molecule has 0 fully saturated rings. The minimum atomic E-state index is -0.207. The number of hydrogen-bond acceptors (Lipinski definition) is 5. The van der Waals surface area contributed by atoms with Crippen LogP contribution in [-0.4, -0.2) is 16.6 Å². The maximum atomic E-state index is 13.4. The first-order chi connectivity index (χ1) is 17.2. The second-order valence-corrected chi connectivity index (χ2v) is 9.82. The lowest BCUT2D eigenvalue weighted by atomic mass is 9.98. The van der Waals surface area contributed by atoms with Crippen LogP contribution in [0.5, 0.6) is 0 Å². The van der Waals surface area contributed by atoms with Gasteiger partial charge in [-0.3, -0.25) is 14.5 Å². The highest BCUT2D eigenvalue weighted by Gasteiger charge is 2.34. The number of thiophene rings is 1. The lowest BCUT2D eigenvalue weighted by molar-refractivity contribution is 0.0991. The maximum absolute atomic E-state index is 13.4. The van der Waals surface area contributed by atoms with Crippen LogP contribution in [0.4, 0.5) is 16.5 Å². The standard InChI is InChI=1S/C30H18N2O2S/c33-28-23-13-11-18-6-1-3-9-22(18)27(23)29(34)24(28)17-21-12-14-26(35-21)32-25-10-4-2-7-19(25)16-20-8-5-15-31-30(20)32/h1-15,17H,16H2/b24-17+. The van der Waals surface area contributed by atoms with Crippen molar-refractivity contribution in [3.8, 4) is 0 Å². The Morgan fingerprint density at radius 3 is 2.57 bits per heavy atom. The average molecular weight is 471 g/mol. The number of allylic oxidation sites excluding steroid dienone is 1. The van der Waals surface area contributed by atoms with Gasteiger partial charge in [-0.15, -0.1) is 11.3 Å². The zero-order valence-corrected chi connectivity index (χ0v) is 19.4. The minimum absolute atomic E-state index is 0.202. The number of rotatable bonds is 2. The summed E-state index contributed by atoms with van der Waals surface area (Å²) in [5.74, 6) is 0.507. The topological polar surface area (TPSA) is 50.3 Å². The molecule has 4 nitrogen and oxygen atoms in total. The van der Waals surface area contributed by atoms with Crippen LogP contribution < -0.4 is 4.90 Å². The van der Waals surface area contributed by atoms with Gasteiger partial charge in [0, 0.05) is 28.6 Å². The molecule has 0 spiro atoms. The van der Waals surface area contributed by atoms with Crippen molar-refractivity contribution in [3.63, 3.8) is 0 Å². The number of carbonyl (C=O) groups is 2. The molecule has 5 heteroatoms. The first-order valence-electron chi connectivity index (χ1n) is 11.4. The average Bonchev–Trinajstić information content (AvgIpc) is 3.45. The Bertz CT molecular complexity index is 1680. The molecule has 0 amide bonds. The molecule has 2 aliphatic rings. The summed E-state index contributed by atoms with van der Waals surface area (Å²) in [4.78, 5) is 34.2. The molecule has 0 saturated heterocycles. The fraction of sp³-hybridized carbons (Fsp3) is 0.0333. The summed E-state index contributed by atoms with van der Waals surface area (Å²) in [6.07, 6.45) is 4.39. The van der Waals surface area contributed by atoms with Gasteiger partial charge in [-0.1, -0.05) is 54.6 Å². The van der Waals surface area contributed by atoms with Crippen LogP contribution in [0.3, 0.4) is 0 Å². The fourth-order valence-electron chi connectivity index (χ4n) is 5.09. The number of para-hydroxylation sites is 1. The number of pyridine rings is 1. The molecule has 7 rings (SSSR count). The zero-order valence-electron chi connectivity index (χ0n) is 18.6. The Kier molecular flexibility index (Phi) is 4.35. The molecule has 0 N–H and O–H groups in total. The normalized spacial score (nSPS) is 15.4. The number of aromatic nitrogens is 1. The van der Waals surface area contributed by atoms with Gasteiger partial charge in [0.25, 0.3) is 0 Å². The van der Waals surface area contributed by atoms with Crippen molar-refractivity contribution < 1.29 is 9.59 Å². The molecular weight excluding hydrogens is 452 g/mol. The second kappa shape index (κ2) is 7.58. The molecular formula is C30H18N2O2S. The summed E-state index contributed by atoms with van der Waals surface area (Å²) in [6.45, 7) is 0. The van der Waals surface area contributed by atoms with E-state index in [4.69, 9.17) is 0 Å². The summed E-state index contributed by atoms with van der Waals surface area (Å²) >= 11 is 1.54. The van der Waals surface area contributed by atoms with Crippen molar-refractivity contribution in [2.45, 2.75) is 6.42 Å². The van der Waals surface area contributed by atoms with E-state index in [1.54, 1.807) is 23.5 Å². The molecule has 0 bridgehead atoms. The lowest BCUT2D eigenvalue weighted by Gasteiger charge is -2.30. The third-order valence-corrected chi connectivity index (χ3v) is 7.72. The van der Waals surface area contributed by atoms with Crippen molar-refractivity contribution in [3.05, 3.63) is 124 Å². The number of benzene rings is 3. The molecule has 0 unspecified atom stereocenters. The van der Waals surface area contributed by atoms with E-state index < -0.39 is 0 Å². The van der Waals surface area contributed by atoms with Gasteiger partial charge in [-0.25, -0.2) is 4.98 Å². The third kappa shape index (κ3) is 3.02. The van der Waals surface area contributed by atoms with E-state index >= 15 is 0 Å². The van der Waals surface area contributed by atoms with E-state index in [0.717, 1.165) is 38.6 Å². The first-order valence-corrected chi connectivity index (χ1v) is 12.3. The molecule has 3 aromatic carbocycles. The van der Waals surface area contributed by atoms with Crippen LogP contribution in [0, 0.1) is 0 Å². The van der Waals surface area contributed by atoms with Crippen LogP contribution in [-0.2, 0) is 6.42 Å². The molecule has 3 heterocycles. The van der Waals surface area contributed by atoms with E-state index in [1.165, 1.54) is 11.1 Å². The molecule has 2 aromatic heterocycles. The summed E-state index contributed by atoms with van der Waals surface area (Å²) in [5.41, 5.74) is 4.74. The van der Waals surface area contributed by atoms with Crippen molar-refractivity contribution >= 4 is 56.3 Å². The van der Waals surface area contributed by atoms with Gasteiger partial charge in [0.1, 0.15) is 10.8 Å². The third-order valence-electron chi connectivity index (χ3n) is 6.70. The smallest absolute Gasteiger partial charge is 0.198 e. The van der Waals surface area contributed by atoms with E-state index in [-0.39, 0.29) is 17.1 Å². The highest BCUT2D eigenvalue weighted by atomic mass is 32.1. The minimum Gasteiger partial charge on any atom is -0.288 e. The monoisotopic (exact) mass is 470 g/mol. The fourth-order valence-corrected chi connectivity index (χ4v) is 6.06. The molecule has 5 aromatic rings. The molecule has 0 atom stereocenters. The van der Waals surface area contributed by atoms with Crippen molar-refractivity contribution in [1.82, 2.24) is 4.98 Å². The Morgan fingerprint density at radius 2 is 1.63 bits per heavy atom. The number of Topliss-reactive ketones (excluding diaryl/α,β-unsaturated/α-hetero) is 2. The van der Waals surface area contributed by atoms with Gasteiger partial charge in [-0.2, -0.15) is 0 Å². The maximum Gasteiger partial charge on any atom is 0.198 e. The van der Waals surface area contributed by atoms with Crippen molar-refractivity contribution in [1.29, 1.82) is 0 Å². The Balaban J connectivity index is 1.31. The van der Waals surface area contributed by atoms with E-state index in [0.29, 0.717) is 11.1 Å². The highest BCUT2D eigenvalue weighted by Crippen LogP contribution is 2.45. The second-order valence-electron chi connectivity index (χ2n) is 8.73.